The molecule has 8 heteroatoms. The van der Waals surface area contributed by atoms with Crippen LogP contribution >= 0.6 is 0 Å². The van der Waals surface area contributed by atoms with E-state index in [4.69, 9.17) is 0 Å². The monoisotopic (exact) mass is 293 g/mol. The highest BCUT2D eigenvalue weighted by atomic mass is 32.2. The van der Waals surface area contributed by atoms with E-state index in [0.29, 0.717) is 0 Å². The Morgan fingerprint density at radius 1 is 0.947 bits per heavy atom. The number of amides is 2. The lowest BCUT2D eigenvalue weighted by Crippen LogP contribution is -2.44. The van der Waals surface area contributed by atoms with E-state index in [0.717, 1.165) is 4.31 Å². The molecule has 0 spiro atoms. The Hall–Kier alpha value is -1.15. The number of rotatable bonds is 6. The van der Waals surface area contributed by atoms with Gasteiger partial charge in [0, 0.05) is 28.2 Å². The highest BCUT2D eigenvalue weighted by molar-refractivity contribution is 7.89. The van der Waals surface area contributed by atoms with E-state index in [9.17, 15) is 18.0 Å². The number of likely N-dealkylation sites (N-methyl/N-ethyl adjacent to an activating group) is 3. The van der Waals surface area contributed by atoms with Gasteiger partial charge in [0.25, 0.3) is 0 Å². The lowest BCUT2D eigenvalue weighted by molar-refractivity contribution is -0.137. The molecule has 0 heterocycles. The van der Waals surface area contributed by atoms with Crippen molar-refractivity contribution in [2.24, 2.45) is 0 Å². The fourth-order valence-electron chi connectivity index (χ4n) is 1.19. The van der Waals surface area contributed by atoms with Gasteiger partial charge < -0.3 is 9.80 Å². The average Bonchev–Trinajstić information content (AvgIpc) is 2.27. The minimum atomic E-state index is -3.46. The van der Waals surface area contributed by atoms with E-state index in [1.165, 1.54) is 23.9 Å². The smallest absolute Gasteiger partial charge is 0.241 e. The summed E-state index contributed by atoms with van der Waals surface area (Å²) in [7, 11) is 2.55. The second-order valence-electron chi connectivity index (χ2n) is 4.89. The number of hydrogen-bond donors (Lipinski definition) is 0. The van der Waals surface area contributed by atoms with Crippen molar-refractivity contribution in [1.29, 1.82) is 0 Å². The van der Waals surface area contributed by atoms with Crippen molar-refractivity contribution in [3.63, 3.8) is 0 Å². The van der Waals surface area contributed by atoms with Crippen LogP contribution in [-0.4, -0.2) is 80.9 Å². The molecule has 0 bridgehead atoms. The molecule has 0 N–H and O–H groups in total. The molecule has 0 atom stereocenters. The third kappa shape index (κ3) is 5.15. The number of carbonyl (C=O) groups is 2. The Morgan fingerprint density at radius 2 is 1.42 bits per heavy atom. The molecule has 0 aromatic rings. The minimum absolute atomic E-state index is 0.0681. The van der Waals surface area contributed by atoms with E-state index in [2.05, 4.69) is 0 Å². The Bertz CT molecular complexity index is 431. The molecule has 0 aromatic carbocycles. The highest BCUT2D eigenvalue weighted by Gasteiger charge is 2.25. The zero-order valence-electron chi connectivity index (χ0n) is 12.4. The lowest BCUT2D eigenvalue weighted by Gasteiger charge is -2.23. The molecule has 0 radical (unpaired) electrons. The van der Waals surface area contributed by atoms with Crippen LogP contribution in [0.25, 0.3) is 0 Å². The SMILES string of the molecule is CC(C)S(=O)(=O)N(C)CC(=O)N(C)CC(=O)N(C)C. The van der Waals surface area contributed by atoms with Gasteiger partial charge in [0.05, 0.1) is 18.3 Å². The van der Waals surface area contributed by atoms with Gasteiger partial charge in [0.2, 0.25) is 21.8 Å². The van der Waals surface area contributed by atoms with Crippen LogP contribution in [0.4, 0.5) is 0 Å². The summed E-state index contributed by atoms with van der Waals surface area (Å²) in [5.41, 5.74) is 0. The first kappa shape index (κ1) is 17.8. The molecular weight excluding hydrogens is 270 g/mol. The van der Waals surface area contributed by atoms with Gasteiger partial charge in [-0.2, -0.15) is 4.31 Å². The second kappa shape index (κ2) is 6.85. The van der Waals surface area contributed by atoms with Crippen molar-refractivity contribution < 1.29 is 18.0 Å². The zero-order chi connectivity index (χ0) is 15.4. The molecule has 7 nitrogen and oxygen atoms in total. The fraction of sp³-hybridized carbons (Fsp3) is 0.818. The van der Waals surface area contributed by atoms with Crippen molar-refractivity contribution in [1.82, 2.24) is 14.1 Å². The summed E-state index contributed by atoms with van der Waals surface area (Å²) in [6.07, 6.45) is 0. The molecule has 0 fully saturated rings. The molecular formula is C11H23N3O4S. The van der Waals surface area contributed by atoms with Crippen LogP contribution in [-0.2, 0) is 19.6 Å². The van der Waals surface area contributed by atoms with Gasteiger partial charge in [-0.3, -0.25) is 9.59 Å². The van der Waals surface area contributed by atoms with Crippen LogP contribution in [0.3, 0.4) is 0 Å². The van der Waals surface area contributed by atoms with Gasteiger partial charge in [-0.15, -0.1) is 0 Å². The molecule has 0 aliphatic carbocycles. The Morgan fingerprint density at radius 3 is 1.79 bits per heavy atom. The molecule has 0 aromatic heterocycles. The molecule has 2 amide bonds. The largest absolute Gasteiger partial charge is 0.347 e. The summed E-state index contributed by atoms with van der Waals surface area (Å²) < 4.78 is 24.6. The molecule has 0 rings (SSSR count). The quantitative estimate of drug-likeness (QED) is 0.642. The molecule has 0 saturated carbocycles. The molecule has 0 aliphatic rings. The van der Waals surface area contributed by atoms with Crippen LogP contribution in [0.5, 0.6) is 0 Å². The molecule has 19 heavy (non-hydrogen) atoms. The summed E-state index contributed by atoms with van der Waals surface area (Å²) in [5.74, 6) is -0.632. The van der Waals surface area contributed by atoms with Crippen LogP contribution in [0.1, 0.15) is 13.8 Å². The standard InChI is InChI=1S/C11H23N3O4S/c1-9(2)19(17,18)14(6)8-11(16)13(5)7-10(15)12(3)4/h9H,7-8H2,1-6H3. The van der Waals surface area contributed by atoms with Crippen molar-refractivity contribution in [2.45, 2.75) is 19.1 Å². The zero-order valence-corrected chi connectivity index (χ0v) is 13.2. The minimum Gasteiger partial charge on any atom is -0.347 e. The third-order valence-corrected chi connectivity index (χ3v) is 4.87. The maximum absolute atomic E-state index is 11.8. The van der Waals surface area contributed by atoms with Crippen molar-refractivity contribution in [3.8, 4) is 0 Å². The predicted octanol–water partition coefficient (Wildman–Crippen LogP) is -0.797. The maximum Gasteiger partial charge on any atom is 0.241 e. The van der Waals surface area contributed by atoms with E-state index >= 15 is 0 Å². The van der Waals surface area contributed by atoms with Gasteiger partial charge >= 0.3 is 0 Å². The van der Waals surface area contributed by atoms with Crippen LogP contribution in [0.15, 0.2) is 0 Å². The number of carbonyl (C=O) groups excluding carboxylic acids is 2. The average molecular weight is 293 g/mol. The van der Waals surface area contributed by atoms with Crippen LogP contribution in [0.2, 0.25) is 0 Å². The van der Waals surface area contributed by atoms with E-state index in [-0.39, 0.29) is 19.0 Å². The van der Waals surface area contributed by atoms with E-state index < -0.39 is 21.2 Å². The molecule has 0 unspecified atom stereocenters. The topological polar surface area (TPSA) is 78.0 Å². The van der Waals surface area contributed by atoms with Crippen molar-refractivity contribution in [3.05, 3.63) is 0 Å². The first-order valence-electron chi connectivity index (χ1n) is 5.89. The number of sulfonamides is 1. The normalized spacial score (nSPS) is 11.8. The summed E-state index contributed by atoms with van der Waals surface area (Å²) in [5, 5.41) is -0.584. The Labute approximate surface area is 115 Å². The Balaban J connectivity index is 4.59. The van der Waals surface area contributed by atoms with Gasteiger partial charge in [-0.05, 0) is 13.8 Å². The fourth-order valence-corrected chi connectivity index (χ4v) is 2.20. The van der Waals surface area contributed by atoms with Crippen molar-refractivity contribution in [2.75, 3.05) is 41.3 Å². The van der Waals surface area contributed by atoms with Gasteiger partial charge in [0.15, 0.2) is 0 Å². The van der Waals surface area contributed by atoms with E-state index in [1.54, 1.807) is 27.9 Å². The van der Waals surface area contributed by atoms with Crippen LogP contribution in [0, 0.1) is 0 Å². The summed E-state index contributed by atoms with van der Waals surface area (Å²) in [4.78, 5) is 25.9. The van der Waals surface area contributed by atoms with Gasteiger partial charge in [0.1, 0.15) is 0 Å². The van der Waals surface area contributed by atoms with Gasteiger partial charge in [-0.1, -0.05) is 0 Å². The summed E-state index contributed by atoms with van der Waals surface area (Å²) in [6.45, 7) is 2.77. The maximum atomic E-state index is 11.8. The first-order chi connectivity index (χ1) is 8.50. The molecule has 0 aliphatic heterocycles. The first-order valence-corrected chi connectivity index (χ1v) is 7.39. The summed E-state index contributed by atoms with van der Waals surface area (Å²) >= 11 is 0. The predicted molar refractivity (Wildman–Crippen MR) is 73.0 cm³/mol. The number of nitrogens with zero attached hydrogens (tertiary/aromatic N) is 3. The third-order valence-electron chi connectivity index (χ3n) is 2.69. The second-order valence-corrected chi connectivity index (χ2v) is 7.48. The Kier molecular flexibility index (Phi) is 6.44. The van der Waals surface area contributed by atoms with Gasteiger partial charge in [-0.25, -0.2) is 8.42 Å². The molecule has 112 valence electrons. The van der Waals surface area contributed by atoms with E-state index in [1.807, 2.05) is 0 Å². The van der Waals surface area contributed by atoms with Crippen molar-refractivity contribution >= 4 is 21.8 Å². The summed E-state index contributed by atoms with van der Waals surface area (Å²) in [6, 6.07) is 0. The lowest BCUT2D eigenvalue weighted by atomic mass is 10.4. The highest BCUT2D eigenvalue weighted by Crippen LogP contribution is 2.06. The molecule has 0 saturated heterocycles. The van der Waals surface area contributed by atoms with Crippen LogP contribution < -0.4 is 0 Å². The number of hydrogen-bond acceptors (Lipinski definition) is 4.